The van der Waals surface area contributed by atoms with Crippen LogP contribution in [-0.2, 0) is 5.75 Å². The lowest BCUT2D eigenvalue weighted by Gasteiger charge is -2.01. The molecule has 2 aromatic rings. The number of carbonyl (C=O) groups is 1. The molecule has 0 atom stereocenters. The highest BCUT2D eigenvalue weighted by Gasteiger charge is 2.14. The number of benzene rings is 1. The first kappa shape index (κ1) is 11.8. The van der Waals surface area contributed by atoms with E-state index in [0.29, 0.717) is 5.75 Å². The van der Waals surface area contributed by atoms with Crippen LogP contribution < -0.4 is 5.48 Å². The first-order chi connectivity index (χ1) is 8.31. The Bertz CT molecular complexity index is 495. The van der Waals surface area contributed by atoms with E-state index in [4.69, 9.17) is 9.62 Å². The number of nitrogens with one attached hydrogen (secondary N) is 1. The van der Waals surface area contributed by atoms with E-state index in [0.717, 1.165) is 10.5 Å². The second-order valence-corrected chi connectivity index (χ2v) is 4.37. The lowest BCUT2D eigenvalue weighted by atomic mass is 10.3. The molecule has 17 heavy (non-hydrogen) atoms. The molecule has 0 spiro atoms. The molecule has 1 amide bonds. The third kappa shape index (κ3) is 2.89. The van der Waals surface area contributed by atoms with Crippen molar-refractivity contribution in [3.05, 3.63) is 54.0 Å². The molecule has 0 fully saturated rings. The Kier molecular flexibility index (Phi) is 3.85. The van der Waals surface area contributed by atoms with Crippen molar-refractivity contribution in [1.29, 1.82) is 0 Å². The summed E-state index contributed by atoms with van der Waals surface area (Å²) in [7, 11) is 0. The van der Waals surface area contributed by atoms with Crippen molar-refractivity contribution in [1.82, 2.24) is 5.48 Å². The number of furan rings is 1. The molecule has 0 radical (unpaired) electrons. The fourth-order valence-corrected chi connectivity index (χ4v) is 2.28. The zero-order chi connectivity index (χ0) is 12.1. The minimum absolute atomic E-state index is 0.149. The van der Waals surface area contributed by atoms with Crippen LogP contribution in [0.1, 0.15) is 16.1 Å². The van der Waals surface area contributed by atoms with Crippen molar-refractivity contribution in [2.45, 2.75) is 10.6 Å². The molecule has 4 nitrogen and oxygen atoms in total. The first-order valence-electron chi connectivity index (χ1n) is 5.00. The molecule has 1 aromatic heterocycles. The standard InChI is InChI=1S/C12H11NO3S/c14-12(13-15)11-9(6-7-16-11)8-17-10-4-2-1-3-5-10/h1-7,15H,8H2,(H,13,14). The summed E-state index contributed by atoms with van der Waals surface area (Å²) in [5.41, 5.74) is 2.32. The third-order valence-corrected chi connectivity index (χ3v) is 3.25. The molecule has 0 unspecified atom stereocenters. The largest absolute Gasteiger partial charge is 0.459 e. The Morgan fingerprint density at radius 2 is 2.06 bits per heavy atom. The minimum Gasteiger partial charge on any atom is -0.459 e. The Labute approximate surface area is 103 Å². The average Bonchev–Trinajstić information content (AvgIpc) is 2.85. The fraction of sp³-hybridized carbons (Fsp3) is 0.0833. The van der Waals surface area contributed by atoms with E-state index < -0.39 is 5.91 Å². The van der Waals surface area contributed by atoms with Crippen molar-refractivity contribution in [3.63, 3.8) is 0 Å². The summed E-state index contributed by atoms with van der Waals surface area (Å²) in [6, 6.07) is 11.6. The van der Waals surface area contributed by atoms with Gasteiger partial charge in [-0.25, -0.2) is 5.48 Å². The Hall–Kier alpha value is -1.72. The SMILES string of the molecule is O=C(NO)c1occc1CSc1ccccc1. The molecule has 0 aliphatic heterocycles. The minimum atomic E-state index is -0.626. The Morgan fingerprint density at radius 1 is 1.29 bits per heavy atom. The number of thioether (sulfide) groups is 1. The lowest BCUT2D eigenvalue weighted by Crippen LogP contribution is -2.19. The molecular formula is C12H11NO3S. The van der Waals surface area contributed by atoms with E-state index in [1.165, 1.54) is 6.26 Å². The summed E-state index contributed by atoms with van der Waals surface area (Å²) < 4.78 is 5.02. The molecule has 5 heteroatoms. The monoisotopic (exact) mass is 249 g/mol. The quantitative estimate of drug-likeness (QED) is 0.497. The van der Waals surface area contributed by atoms with Crippen LogP contribution >= 0.6 is 11.8 Å². The topological polar surface area (TPSA) is 62.5 Å². The molecule has 0 saturated heterocycles. The van der Waals surface area contributed by atoms with Gasteiger partial charge in [-0.3, -0.25) is 10.0 Å². The molecule has 88 valence electrons. The molecule has 2 rings (SSSR count). The van der Waals surface area contributed by atoms with Gasteiger partial charge in [0.2, 0.25) is 0 Å². The van der Waals surface area contributed by atoms with Gasteiger partial charge in [-0.2, -0.15) is 0 Å². The van der Waals surface area contributed by atoms with E-state index in [-0.39, 0.29) is 5.76 Å². The number of hydroxylamine groups is 1. The first-order valence-corrected chi connectivity index (χ1v) is 5.98. The summed E-state index contributed by atoms with van der Waals surface area (Å²) in [6.45, 7) is 0. The van der Waals surface area contributed by atoms with E-state index in [9.17, 15) is 4.79 Å². The second-order valence-electron chi connectivity index (χ2n) is 3.32. The van der Waals surface area contributed by atoms with Crippen LogP contribution in [0.3, 0.4) is 0 Å². The molecule has 1 heterocycles. The molecule has 0 saturated carbocycles. The van der Waals surface area contributed by atoms with Crippen LogP contribution in [0, 0.1) is 0 Å². The smallest absolute Gasteiger partial charge is 0.310 e. The number of amides is 1. The maximum atomic E-state index is 11.2. The maximum absolute atomic E-state index is 11.2. The van der Waals surface area contributed by atoms with Gasteiger partial charge in [-0.05, 0) is 18.2 Å². The van der Waals surface area contributed by atoms with Crippen LogP contribution in [0.25, 0.3) is 0 Å². The molecule has 0 bridgehead atoms. The predicted molar refractivity (Wildman–Crippen MR) is 64.0 cm³/mol. The second kappa shape index (κ2) is 5.56. The number of carbonyl (C=O) groups excluding carboxylic acids is 1. The van der Waals surface area contributed by atoms with Gasteiger partial charge in [0.1, 0.15) is 0 Å². The van der Waals surface area contributed by atoms with Crippen LogP contribution in [0.5, 0.6) is 0 Å². The van der Waals surface area contributed by atoms with E-state index >= 15 is 0 Å². The Morgan fingerprint density at radius 3 is 2.76 bits per heavy atom. The van der Waals surface area contributed by atoms with Gasteiger partial charge >= 0.3 is 5.91 Å². The van der Waals surface area contributed by atoms with Crippen LogP contribution in [0.4, 0.5) is 0 Å². The van der Waals surface area contributed by atoms with Gasteiger partial charge < -0.3 is 4.42 Å². The van der Waals surface area contributed by atoms with Crippen LogP contribution in [0.2, 0.25) is 0 Å². The lowest BCUT2D eigenvalue weighted by molar-refractivity contribution is 0.0675. The number of rotatable bonds is 4. The summed E-state index contributed by atoms with van der Waals surface area (Å²) in [5, 5.41) is 8.55. The molecule has 2 N–H and O–H groups in total. The third-order valence-electron chi connectivity index (χ3n) is 2.19. The van der Waals surface area contributed by atoms with E-state index in [1.807, 2.05) is 30.3 Å². The highest BCUT2D eigenvalue weighted by molar-refractivity contribution is 7.98. The molecular weight excluding hydrogens is 238 g/mol. The molecule has 1 aromatic carbocycles. The Balaban J connectivity index is 2.05. The number of hydrogen-bond acceptors (Lipinski definition) is 4. The zero-order valence-corrected chi connectivity index (χ0v) is 9.74. The van der Waals surface area contributed by atoms with Gasteiger partial charge in [-0.15, -0.1) is 11.8 Å². The molecule has 0 aliphatic carbocycles. The average molecular weight is 249 g/mol. The summed E-state index contributed by atoms with van der Waals surface area (Å²) in [6.07, 6.45) is 1.44. The highest BCUT2D eigenvalue weighted by Crippen LogP contribution is 2.24. The predicted octanol–water partition coefficient (Wildman–Crippen LogP) is 2.69. The maximum Gasteiger partial charge on any atom is 0.310 e. The van der Waals surface area contributed by atoms with Crippen LogP contribution in [0.15, 0.2) is 52.0 Å². The van der Waals surface area contributed by atoms with Crippen molar-refractivity contribution in [2.75, 3.05) is 0 Å². The summed E-state index contributed by atoms with van der Waals surface area (Å²) in [5.74, 6) is 0.137. The van der Waals surface area contributed by atoms with Gasteiger partial charge in [0.05, 0.1) is 6.26 Å². The van der Waals surface area contributed by atoms with Crippen molar-refractivity contribution >= 4 is 17.7 Å². The highest BCUT2D eigenvalue weighted by atomic mass is 32.2. The van der Waals surface area contributed by atoms with Gasteiger partial charge in [-0.1, -0.05) is 18.2 Å². The fourth-order valence-electron chi connectivity index (χ4n) is 1.38. The van der Waals surface area contributed by atoms with E-state index in [1.54, 1.807) is 23.3 Å². The molecule has 0 aliphatic rings. The van der Waals surface area contributed by atoms with Gasteiger partial charge in [0.25, 0.3) is 0 Å². The number of hydrogen-bond donors (Lipinski definition) is 2. The van der Waals surface area contributed by atoms with Crippen LogP contribution in [-0.4, -0.2) is 11.1 Å². The van der Waals surface area contributed by atoms with Crippen molar-refractivity contribution in [3.8, 4) is 0 Å². The normalized spacial score (nSPS) is 10.2. The van der Waals surface area contributed by atoms with Gasteiger partial charge in [0.15, 0.2) is 5.76 Å². The van der Waals surface area contributed by atoms with E-state index in [2.05, 4.69) is 0 Å². The summed E-state index contributed by atoms with van der Waals surface area (Å²) >= 11 is 1.60. The summed E-state index contributed by atoms with van der Waals surface area (Å²) in [4.78, 5) is 12.4. The zero-order valence-electron chi connectivity index (χ0n) is 8.92. The van der Waals surface area contributed by atoms with Gasteiger partial charge in [0, 0.05) is 16.2 Å². The van der Waals surface area contributed by atoms with Crippen molar-refractivity contribution < 1.29 is 14.4 Å². The van der Waals surface area contributed by atoms with Crippen molar-refractivity contribution in [2.24, 2.45) is 0 Å².